The molecule has 5 rings (SSSR count). The monoisotopic (exact) mass is 484 g/mol. The number of carboxylic acid groups (broad SMARTS) is 2. The molecule has 0 bridgehead atoms. The number of aromatic nitrogens is 4. The van der Waals surface area contributed by atoms with Crippen LogP contribution in [0.15, 0.2) is 47.5 Å². The molecule has 178 valence electrons. The Morgan fingerprint density at radius 3 is 2.44 bits per heavy atom. The predicted octanol–water partition coefficient (Wildman–Crippen LogP) is 1.39. The molecule has 12 heteroatoms. The molecule has 3 aromatic heterocycles. The van der Waals surface area contributed by atoms with Crippen molar-refractivity contribution in [2.45, 2.75) is 13.5 Å². The van der Waals surface area contributed by atoms with Gasteiger partial charge in [-0.15, -0.1) is 0 Å². The minimum absolute atomic E-state index is 0.0225. The maximum absolute atomic E-state index is 12.6. The van der Waals surface area contributed by atoms with E-state index in [1.165, 1.54) is 10.1 Å². The first-order chi connectivity index (χ1) is 16.3. The zero-order valence-electron chi connectivity index (χ0n) is 18.5. The van der Waals surface area contributed by atoms with Crippen molar-refractivity contribution < 1.29 is 19.8 Å². The maximum Gasteiger partial charge on any atom is 0.414 e. The number of aryl methyl sites for hydroxylation is 1. The van der Waals surface area contributed by atoms with Crippen molar-refractivity contribution in [2.75, 3.05) is 37.6 Å². The molecule has 0 radical (unpaired) electrons. The van der Waals surface area contributed by atoms with Gasteiger partial charge in [-0.1, -0.05) is 12.1 Å². The third-order valence-corrected chi connectivity index (χ3v) is 6.40. The normalized spacial score (nSPS) is 14.2. The van der Waals surface area contributed by atoms with E-state index in [2.05, 4.69) is 43.4 Å². The topological polar surface area (TPSA) is 133 Å². The van der Waals surface area contributed by atoms with Gasteiger partial charge in [-0.05, 0) is 36.7 Å². The molecule has 0 spiro atoms. The fraction of sp³-hybridized carbons (Fsp3) is 0.318. The van der Waals surface area contributed by atoms with Gasteiger partial charge in [0.15, 0.2) is 0 Å². The molecule has 4 aromatic rings. The molecule has 0 aliphatic carbocycles. The highest BCUT2D eigenvalue weighted by atomic mass is 32.1. The Kier molecular flexibility index (Phi) is 6.89. The van der Waals surface area contributed by atoms with Gasteiger partial charge in [-0.2, -0.15) is 4.37 Å². The van der Waals surface area contributed by atoms with Crippen molar-refractivity contribution in [3.05, 3.63) is 58.9 Å². The standard InChI is InChI=1S/C20H22N6OS.C2H2O4/c1-15-14-26-18(21-15)6-7-25(20(26)27)13-10-23-8-11-24(12-9-23)19-16-4-2-3-5-17(16)28-22-19;3-1(4)2(5)6/h2-7,14H,8-13H2,1H3;(H,3,4)(H,5,6). The van der Waals surface area contributed by atoms with Crippen LogP contribution in [-0.4, -0.2) is 78.1 Å². The van der Waals surface area contributed by atoms with Crippen LogP contribution in [0.1, 0.15) is 5.69 Å². The number of hydrogen-bond acceptors (Lipinski definition) is 8. The molecule has 11 nitrogen and oxygen atoms in total. The summed E-state index contributed by atoms with van der Waals surface area (Å²) >= 11 is 1.57. The molecular formula is C22H24N6O5S. The molecule has 1 aliphatic rings. The number of anilines is 1. The van der Waals surface area contributed by atoms with Gasteiger partial charge in [0.2, 0.25) is 0 Å². The summed E-state index contributed by atoms with van der Waals surface area (Å²) < 4.78 is 9.31. The van der Waals surface area contributed by atoms with Crippen LogP contribution < -0.4 is 10.6 Å². The highest BCUT2D eigenvalue weighted by Gasteiger charge is 2.20. The predicted molar refractivity (Wildman–Crippen MR) is 128 cm³/mol. The van der Waals surface area contributed by atoms with E-state index in [0.29, 0.717) is 12.2 Å². The number of nitrogens with zero attached hydrogens (tertiary/aromatic N) is 6. The molecule has 0 amide bonds. The first-order valence-corrected chi connectivity index (χ1v) is 11.4. The maximum atomic E-state index is 12.6. The average molecular weight is 485 g/mol. The van der Waals surface area contributed by atoms with Crippen LogP contribution in [0.25, 0.3) is 15.7 Å². The van der Waals surface area contributed by atoms with Crippen molar-refractivity contribution in [1.82, 2.24) is 23.2 Å². The van der Waals surface area contributed by atoms with Crippen molar-refractivity contribution in [3.63, 3.8) is 0 Å². The van der Waals surface area contributed by atoms with E-state index in [4.69, 9.17) is 19.8 Å². The van der Waals surface area contributed by atoms with Gasteiger partial charge >= 0.3 is 17.6 Å². The number of carbonyl (C=O) groups is 2. The number of piperazine rings is 1. The van der Waals surface area contributed by atoms with Crippen molar-refractivity contribution in [2.24, 2.45) is 0 Å². The second-order valence-electron chi connectivity index (χ2n) is 7.84. The third-order valence-electron chi connectivity index (χ3n) is 5.58. The summed E-state index contributed by atoms with van der Waals surface area (Å²) in [5.74, 6) is -2.54. The first-order valence-electron chi connectivity index (χ1n) is 10.7. The van der Waals surface area contributed by atoms with E-state index in [9.17, 15) is 4.79 Å². The summed E-state index contributed by atoms with van der Waals surface area (Å²) in [6.07, 6.45) is 3.65. The molecule has 2 N–H and O–H groups in total. The molecular weight excluding hydrogens is 460 g/mol. The van der Waals surface area contributed by atoms with Gasteiger partial charge in [-0.25, -0.2) is 19.4 Å². The lowest BCUT2D eigenvalue weighted by molar-refractivity contribution is -0.159. The Hall–Kier alpha value is -3.77. The third kappa shape index (κ3) is 5.07. The Bertz CT molecular complexity index is 1370. The van der Waals surface area contributed by atoms with E-state index in [0.717, 1.165) is 44.2 Å². The van der Waals surface area contributed by atoms with Crippen LogP contribution in [0.4, 0.5) is 5.82 Å². The number of imidazole rings is 1. The van der Waals surface area contributed by atoms with E-state index in [1.807, 2.05) is 19.2 Å². The fourth-order valence-corrected chi connectivity index (χ4v) is 4.64. The van der Waals surface area contributed by atoms with Crippen molar-refractivity contribution in [1.29, 1.82) is 0 Å². The second kappa shape index (κ2) is 10.0. The molecule has 34 heavy (non-hydrogen) atoms. The van der Waals surface area contributed by atoms with Gasteiger partial charge in [0, 0.05) is 57.0 Å². The van der Waals surface area contributed by atoms with Crippen LogP contribution in [0, 0.1) is 6.92 Å². The molecule has 1 saturated heterocycles. The van der Waals surface area contributed by atoms with Gasteiger partial charge in [-0.3, -0.25) is 13.9 Å². The van der Waals surface area contributed by atoms with Crippen molar-refractivity contribution >= 4 is 45.0 Å². The van der Waals surface area contributed by atoms with Crippen LogP contribution in [-0.2, 0) is 16.1 Å². The molecule has 0 atom stereocenters. The van der Waals surface area contributed by atoms with Crippen LogP contribution >= 0.6 is 11.5 Å². The largest absolute Gasteiger partial charge is 0.473 e. The van der Waals surface area contributed by atoms with Crippen LogP contribution in [0.3, 0.4) is 0 Å². The highest BCUT2D eigenvalue weighted by Crippen LogP contribution is 2.29. The molecule has 1 aliphatic heterocycles. The summed E-state index contributed by atoms with van der Waals surface area (Å²) in [7, 11) is 0. The fourth-order valence-electron chi connectivity index (χ4n) is 3.85. The SMILES string of the molecule is Cc1cn2c(=O)n(CCN3CCN(c4nsc5ccccc45)CC3)ccc2n1.O=C(O)C(=O)O. The Labute approximate surface area is 198 Å². The number of benzene rings is 1. The second-order valence-corrected chi connectivity index (χ2v) is 8.65. The van der Waals surface area contributed by atoms with Gasteiger partial charge in [0.25, 0.3) is 0 Å². The highest BCUT2D eigenvalue weighted by molar-refractivity contribution is 7.13. The molecule has 1 fully saturated rings. The summed E-state index contributed by atoms with van der Waals surface area (Å²) in [5.41, 5.74) is 1.55. The lowest BCUT2D eigenvalue weighted by Gasteiger charge is -2.35. The smallest absolute Gasteiger partial charge is 0.414 e. The average Bonchev–Trinajstić information content (AvgIpc) is 3.43. The van der Waals surface area contributed by atoms with Crippen molar-refractivity contribution in [3.8, 4) is 0 Å². The summed E-state index contributed by atoms with van der Waals surface area (Å²) in [6.45, 7) is 7.34. The van der Waals surface area contributed by atoms with E-state index in [1.54, 1.807) is 26.7 Å². The minimum atomic E-state index is -1.82. The van der Waals surface area contributed by atoms with Gasteiger partial charge < -0.3 is 15.1 Å². The summed E-state index contributed by atoms with van der Waals surface area (Å²) in [4.78, 5) is 39.9. The molecule has 4 heterocycles. The van der Waals surface area contributed by atoms with E-state index >= 15 is 0 Å². The first kappa shape index (κ1) is 23.4. The summed E-state index contributed by atoms with van der Waals surface area (Å²) in [6, 6.07) is 10.3. The molecule has 0 unspecified atom stereocenters. The number of fused-ring (bicyclic) bond motifs is 2. The van der Waals surface area contributed by atoms with Gasteiger partial charge in [0.05, 0.1) is 10.4 Å². The number of rotatable bonds is 4. The quantitative estimate of drug-likeness (QED) is 0.412. The number of carboxylic acids is 2. The lowest BCUT2D eigenvalue weighted by atomic mass is 10.2. The van der Waals surface area contributed by atoms with E-state index in [-0.39, 0.29) is 5.69 Å². The molecule has 1 aromatic carbocycles. The zero-order chi connectivity index (χ0) is 24.2. The zero-order valence-corrected chi connectivity index (χ0v) is 19.3. The summed E-state index contributed by atoms with van der Waals surface area (Å²) in [5, 5.41) is 16.0. The Morgan fingerprint density at radius 1 is 1.03 bits per heavy atom. The lowest BCUT2D eigenvalue weighted by Crippen LogP contribution is -2.47. The van der Waals surface area contributed by atoms with E-state index < -0.39 is 11.9 Å². The Balaban J connectivity index is 0.000000408. The molecule has 0 saturated carbocycles. The number of aliphatic carboxylic acids is 2. The Morgan fingerprint density at radius 2 is 1.74 bits per heavy atom. The van der Waals surface area contributed by atoms with Crippen LogP contribution in [0.2, 0.25) is 0 Å². The number of hydrogen-bond donors (Lipinski definition) is 2. The van der Waals surface area contributed by atoms with Gasteiger partial charge in [0.1, 0.15) is 11.5 Å². The van der Waals surface area contributed by atoms with Crippen LogP contribution in [0.5, 0.6) is 0 Å². The minimum Gasteiger partial charge on any atom is -0.473 e.